The van der Waals surface area contributed by atoms with Crippen LogP contribution in [0.15, 0.2) is 42.5 Å². The van der Waals surface area contributed by atoms with Crippen molar-refractivity contribution in [1.82, 2.24) is 9.62 Å². The van der Waals surface area contributed by atoms with Gasteiger partial charge in [-0.2, -0.15) is 0 Å². The van der Waals surface area contributed by atoms with Crippen molar-refractivity contribution < 1.29 is 13.2 Å². The zero-order valence-electron chi connectivity index (χ0n) is 18.3. The van der Waals surface area contributed by atoms with E-state index >= 15 is 0 Å². The number of nitrogens with zero attached hydrogens (tertiary/aromatic N) is 1. The number of carbonyl (C=O) groups excluding carboxylic acids is 1. The van der Waals surface area contributed by atoms with Crippen LogP contribution >= 0.6 is 0 Å². The summed E-state index contributed by atoms with van der Waals surface area (Å²) in [5, 5.41) is 3.07. The van der Waals surface area contributed by atoms with Crippen LogP contribution in [-0.4, -0.2) is 31.7 Å². The predicted molar refractivity (Wildman–Crippen MR) is 123 cm³/mol. The number of piperidine rings is 1. The number of fused-ring (bicyclic) bond motifs is 1. The van der Waals surface area contributed by atoms with Gasteiger partial charge in [0.05, 0.1) is 11.8 Å². The number of hydrogen-bond donors (Lipinski definition) is 1. The molecule has 2 aliphatic rings. The first-order valence-corrected chi connectivity index (χ1v) is 13.0. The van der Waals surface area contributed by atoms with Gasteiger partial charge in [0.25, 0.3) is 5.91 Å². The van der Waals surface area contributed by atoms with E-state index in [0.717, 1.165) is 37.7 Å². The van der Waals surface area contributed by atoms with Crippen LogP contribution < -0.4 is 5.32 Å². The van der Waals surface area contributed by atoms with Crippen LogP contribution in [0.25, 0.3) is 0 Å². The van der Waals surface area contributed by atoms with E-state index in [1.54, 1.807) is 28.6 Å². The number of benzene rings is 2. The molecular formula is C25H32N2O3S. The van der Waals surface area contributed by atoms with Gasteiger partial charge in [-0.15, -0.1) is 0 Å². The minimum absolute atomic E-state index is 0.0135. The second-order valence-corrected chi connectivity index (χ2v) is 10.8. The van der Waals surface area contributed by atoms with E-state index in [1.165, 1.54) is 24.0 Å². The molecule has 6 heteroatoms. The van der Waals surface area contributed by atoms with Gasteiger partial charge in [0.2, 0.25) is 10.0 Å². The number of nitrogens with one attached hydrogen (secondary N) is 1. The maximum atomic E-state index is 12.7. The minimum atomic E-state index is -3.30. The van der Waals surface area contributed by atoms with Crippen LogP contribution in [-0.2, 0) is 28.6 Å². The SMILES string of the molecule is C[C@H](NC(=O)c1ccc(CS(=O)(=O)N2CCCCC2)cc1)c1ccc2c(c1)CCCC2. The van der Waals surface area contributed by atoms with E-state index in [-0.39, 0.29) is 17.7 Å². The summed E-state index contributed by atoms with van der Waals surface area (Å²) in [7, 11) is -3.30. The van der Waals surface area contributed by atoms with Gasteiger partial charge in [-0.05, 0) is 79.8 Å². The fraction of sp³-hybridized carbons (Fsp3) is 0.480. The van der Waals surface area contributed by atoms with Crippen molar-refractivity contribution in [2.24, 2.45) is 0 Å². The maximum absolute atomic E-state index is 12.7. The van der Waals surface area contributed by atoms with Gasteiger partial charge in [0, 0.05) is 18.7 Å². The Morgan fingerprint density at radius 2 is 1.61 bits per heavy atom. The quantitative estimate of drug-likeness (QED) is 0.725. The topological polar surface area (TPSA) is 66.5 Å². The molecule has 5 nitrogen and oxygen atoms in total. The van der Waals surface area contributed by atoms with Gasteiger partial charge in [0.15, 0.2) is 0 Å². The number of amides is 1. The summed E-state index contributed by atoms with van der Waals surface area (Å²) in [4.78, 5) is 12.7. The predicted octanol–water partition coefficient (Wildman–Crippen LogP) is 4.37. The molecule has 1 N–H and O–H groups in total. The van der Waals surface area contributed by atoms with Gasteiger partial charge >= 0.3 is 0 Å². The zero-order valence-corrected chi connectivity index (χ0v) is 19.1. The molecule has 1 atom stereocenters. The fourth-order valence-electron chi connectivity index (χ4n) is 4.58. The molecule has 0 aromatic heterocycles. The van der Waals surface area contributed by atoms with Crippen LogP contribution in [0.3, 0.4) is 0 Å². The summed E-state index contributed by atoms with van der Waals surface area (Å²) < 4.78 is 26.8. The van der Waals surface area contributed by atoms with Crippen LogP contribution in [0.1, 0.15) is 77.7 Å². The Balaban J connectivity index is 1.38. The summed E-state index contributed by atoms with van der Waals surface area (Å²) in [6, 6.07) is 13.4. The largest absolute Gasteiger partial charge is 0.346 e. The third-order valence-corrected chi connectivity index (χ3v) is 8.34. The monoisotopic (exact) mass is 440 g/mol. The Morgan fingerprint density at radius 3 is 2.32 bits per heavy atom. The molecule has 1 aliphatic carbocycles. The van der Waals surface area contributed by atoms with Crippen molar-refractivity contribution in [3.05, 3.63) is 70.3 Å². The molecule has 166 valence electrons. The van der Waals surface area contributed by atoms with Crippen molar-refractivity contribution in [3.63, 3.8) is 0 Å². The van der Waals surface area contributed by atoms with Crippen molar-refractivity contribution in [3.8, 4) is 0 Å². The third-order valence-electron chi connectivity index (χ3n) is 6.49. The van der Waals surface area contributed by atoms with Crippen molar-refractivity contribution in [2.75, 3.05) is 13.1 Å². The number of rotatable bonds is 6. The summed E-state index contributed by atoms with van der Waals surface area (Å²) in [5.41, 5.74) is 5.22. The van der Waals surface area contributed by atoms with Crippen molar-refractivity contribution in [2.45, 2.75) is 63.7 Å². The second-order valence-electron chi connectivity index (χ2n) is 8.84. The van der Waals surface area contributed by atoms with Crippen LogP contribution in [0.5, 0.6) is 0 Å². The zero-order chi connectivity index (χ0) is 21.8. The first-order valence-electron chi connectivity index (χ1n) is 11.4. The Morgan fingerprint density at radius 1 is 0.935 bits per heavy atom. The molecule has 4 rings (SSSR count). The highest BCUT2D eigenvalue weighted by atomic mass is 32.2. The molecule has 1 saturated heterocycles. The maximum Gasteiger partial charge on any atom is 0.251 e. The molecule has 2 aromatic carbocycles. The fourth-order valence-corrected chi connectivity index (χ4v) is 6.19. The van der Waals surface area contributed by atoms with E-state index in [9.17, 15) is 13.2 Å². The highest BCUT2D eigenvalue weighted by Gasteiger charge is 2.24. The average Bonchev–Trinajstić information content (AvgIpc) is 2.79. The van der Waals surface area contributed by atoms with Crippen LogP contribution in [0.4, 0.5) is 0 Å². The molecule has 0 radical (unpaired) electrons. The van der Waals surface area contributed by atoms with Gasteiger partial charge in [-0.1, -0.05) is 36.8 Å². The van der Waals surface area contributed by atoms with E-state index in [1.807, 2.05) is 6.92 Å². The molecule has 0 bridgehead atoms. The lowest BCUT2D eigenvalue weighted by molar-refractivity contribution is 0.0940. The lowest BCUT2D eigenvalue weighted by Crippen LogP contribution is -2.36. The van der Waals surface area contributed by atoms with Crippen LogP contribution in [0, 0.1) is 0 Å². The third kappa shape index (κ3) is 5.36. The Bertz CT molecular complexity index is 1030. The van der Waals surface area contributed by atoms with E-state index < -0.39 is 10.0 Å². The first kappa shape index (κ1) is 22.0. The summed E-state index contributed by atoms with van der Waals surface area (Å²) in [6.07, 6.45) is 7.72. The van der Waals surface area contributed by atoms with E-state index in [4.69, 9.17) is 0 Å². The number of aryl methyl sites for hydroxylation is 2. The molecule has 1 fully saturated rings. The molecule has 0 spiro atoms. The average molecular weight is 441 g/mol. The minimum Gasteiger partial charge on any atom is -0.346 e. The van der Waals surface area contributed by atoms with Crippen molar-refractivity contribution >= 4 is 15.9 Å². The molecule has 1 heterocycles. The Labute approximate surface area is 185 Å². The van der Waals surface area contributed by atoms with Crippen LogP contribution in [0.2, 0.25) is 0 Å². The van der Waals surface area contributed by atoms with Gasteiger partial charge < -0.3 is 5.32 Å². The smallest absolute Gasteiger partial charge is 0.251 e. The molecule has 1 aliphatic heterocycles. The summed E-state index contributed by atoms with van der Waals surface area (Å²) in [5.74, 6) is -0.156. The molecule has 2 aromatic rings. The number of carbonyl (C=O) groups is 1. The van der Waals surface area contributed by atoms with E-state index in [0.29, 0.717) is 24.2 Å². The normalized spacial score (nSPS) is 18.2. The Kier molecular flexibility index (Phi) is 6.77. The standard InChI is InChI=1S/C25H32N2O3S/c1-19(23-14-13-21-7-3-4-8-24(21)17-23)26-25(28)22-11-9-20(10-12-22)18-31(29,30)27-15-5-2-6-16-27/h9-14,17,19H,2-8,15-16,18H2,1H3,(H,26,28)/t19-/m0/s1. The molecule has 0 unspecified atom stereocenters. The summed E-state index contributed by atoms with van der Waals surface area (Å²) >= 11 is 0. The number of sulfonamides is 1. The highest BCUT2D eigenvalue weighted by molar-refractivity contribution is 7.88. The lowest BCUT2D eigenvalue weighted by Gasteiger charge is -2.25. The highest BCUT2D eigenvalue weighted by Crippen LogP contribution is 2.25. The van der Waals surface area contributed by atoms with Gasteiger partial charge in [0.1, 0.15) is 0 Å². The molecule has 1 amide bonds. The Hall–Kier alpha value is -2.18. The van der Waals surface area contributed by atoms with Gasteiger partial charge in [-0.3, -0.25) is 4.79 Å². The summed E-state index contributed by atoms with van der Waals surface area (Å²) in [6.45, 7) is 3.23. The number of hydrogen-bond acceptors (Lipinski definition) is 3. The van der Waals surface area contributed by atoms with Gasteiger partial charge in [-0.25, -0.2) is 12.7 Å². The molecule has 31 heavy (non-hydrogen) atoms. The molecule has 0 saturated carbocycles. The second kappa shape index (κ2) is 9.53. The van der Waals surface area contributed by atoms with E-state index in [2.05, 4.69) is 23.5 Å². The first-order chi connectivity index (χ1) is 14.9. The lowest BCUT2D eigenvalue weighted by atomic mass is 9.89. The van der Waals surface area contributed by atoms with Crippen molar-refractivity contribution in [1.29, 1.82) is 0 Å². The molecular weight excluding hydrogens is 408 g/mol.